The van der Waals surface area contributed by atoms with Gasteiger partial charge in [0.15, 0.2) is 5.12 Å². The Labute approximate surface area is 108 Å². The van der Waals surface area contributed by atoms with E-state index >= 15 is 0 Å². The lowest BCUT2D eigenvalue weighted by Gasteiger charge is -1.92. The van der Waals surface area contributed by atoms with Gasteiger partial charge in [0.25, 0.3) is 5.91 Å². The first-order valence-corrected chi connectivity index (χ1v) is 6.18. The summed E-state index contributed by atoms with van der Waals surface area (Å²) in [7, 11) is 0. The summed E-state index contributed by atoms with van der Waals surface area (Å²) in [5, 5.41) is 18.7. The van der Waals surface area contributed by atoms with Crippen LogP contribution in [0, 0.1) is 0 Å². The maximum absolute atomic E-state index is 10.3. The molecular formula is C10H15NO6S. The molecule has 0 saturated carbocycles. The van der Waals surface area contributed by atoms with Gasteiger partial charge in [0, 0.05) is 19.1 Å². The summed E-state index contributed by atoms with van der Waals surface area (Å²) in [6.07, 6.45) is -0.471. The van der Waals surface area contributed by atoms with Crippen LogP contribution in [0.4, 0.5) is 0 Å². The number of hydrogen-bond acceptors (Lipinski definition) is 6. The molecule has 0 aliphatic carbocycles. The molecule has 18 heavy (non-hydrogen) atoms. The zero-order valence-corrected chi connectivity index (χ0v) is 10.7. The Morgan fingerprint density at radius 3 is 2.33 bits per heavy atom. The molecule has 1 atom stereocenters. The first-order valence-electron chi connectivity index (χ1n) is 5.20. The third kappa shape index (κ3) is 8.71. The lowest BCUT2D eigenvalue weighted by Crippen LogP contribution is -2.24. The molecule has 0 radical (unpaired) electrons. The first-order chi connectivity index (χ1) is 8.32. The van der Waals surface area contributed by atoms with Crippen molar-refractivity contribution < 1.29 is 29.4 Å². The Morgan fingerprint density at radius 1 is 1.44 bits per heavy atom. The maximum atomic E-state index is 10.3. The molecule has 1 heterocycles. The predicted octanol–water partition coefficient (Wildman–Crippen LogP) is -0.475. The molecule has 3 N–H and O–H groups in total. The van der Waals surface area contributed by atoms with Crippen molar-refractivity contribution in [1.82, 2.24) is 5.32 Å². The average molecular weight is 277 g/mol. The molecule has 1 aliphatic heterocycles. The van der Waals surface area contributed by atoms with Crippen molar-refractivity contribution >= 4 is 34.7 Å². The Hall–Kier alpha value is -1.41. The van der Waals surface area contributed by atoms with E-state index in [1.54, 1.807) is 0 Å². The van der Waals surface area contributed by atoms with Crippen molar-refractivity contribution in [1.29, 1.82) is 0 Å². The number of carbonyl (C=O) groups is 4. The fourth-order valence-corrected chi connectivity index (χ4v) is 1.56. The topological polar surface area (TPSA) is 121 Å². The number of carboxylic acid groups (broad SMARTS) is 1. The van der Waals surface area contributed by atoms with Gasteiger partial charge >= 0.3 is 5.97 Å². The monoisotopic (exact) mass is 277 g/mol. The molecular weight excluding hydrogens is 262 g/mol. The molecule has 1 aliphatic rings. The highest BCUT2D eigenvalue weighted by atomic mass is 32.2. The van der Waals surface area contributed by atoms with Crippen LogP contribution >= 0.6 is 11.8 Å². The van der Waals surface area contributed by atoms with Gasteiger partial charge in [0.05, 0.1) is 6.42 Å². The smallest absolute Gasteiger partial charge is 0.303 e. The SMILES string of the molecule is CC(=O)SCCCC(=O)O.O=C1CC(O)C(=O)N1. The van der Waals surface area contributed by atoms with Crippen LogP contribution in [0.25, 0.3) is 0 Å². The van der Waals surface area contributed by atoms with E-state index in [-0.39, 0.29) is 18.0 Å². The number of imide groups is 1. The molecule has 1 saturated heterocycles. The Balaban J connectivity index is 0.000000327. The maximum Gasteiger partial charge on any atom is 0.303 e. The second kappa shape index (κ2) is 8.65. The molecule has 0 bridgehead atoms. The number of carbonyl (C=O) groups excluding carboxylic acids is 3. The van der Waals surface area contributed by atoms with Crippen molar-refractivity contribution in [3.05, 3.63) is 0 Å². The largest absolute Gasteiger partial charge is 0.481 e. The predicted molar refractivity (Wildman–Crippen MR) is 63.8 cm³/mol. The fraction of sp³-hybridized carbons (Fsp3) is 0.600. The van der Waals surface area contributed by atoms with E-state index < -0.39 is 23.9 Å². The minimum Gasteiger partial charge on any atom is -0.481 e. The lowest BCUT2D eigenvalue weighted by atomic mass is 10.3. The van der Waals surface area contributed by atoms with Crippen molar-refractivity contribution in [2.45, 2.75) is 32.3 Å². The number of aliphatic hydroxyl groups excluding tert-OH is 1. The van der Waals surface area contributed by atoms with Crippen LogP contribution in [0.3, 0.4) is 0 Å². The second-order valence-corrected chi connectivity index (χ2v) is 4.74. The number of aliphatic hydroxyl groups is 1. The zero-order chi connectivity index (χ0) is 14.1. The van der Waals surface area contributed by atoms with Crippen LogP contribution in [0.5, 0.6) is 0 Å². The van der Waals surface area contributed by atoms with Gasteiger partial charge in [-0.2, -0.15) is 0 Å². The summed E-state index contributed by atoms with van der Waals surface area (Å²) in [5.41, 5.74) is 0. The molecule has 1 unspecified atom stereocenters. The molecule has 0 spiro atoms. The molecule has 102 valence electrons. The lowest BCUT2D eigenvalue weighted by molar-refractivity contribution is -0.137. The summed E-state index contributed by atoms with van der Waals surface area (Å²) in [4.78, 5) is 40.6. The van der Waals surface area contributed by atoms with E-state index in [0.29, 0.717) is 12.2 Å². The summed E-state index contributed by atoms with van der Waals surface area (Å²) < 4.78 is 0. The highest BCUT2D eigenvalue weighted by molar-refractivity contribution is 8.13. The average Bonchev–Trinajstić information content (AvgIpc) is 2.52. The fourth-order valence-electron chi connectivity index (χ4n) is 0.979. The molecule has 2 amide bonds. The van der Waals surface area contributed by atoms with Gasteiger partial charge in [-0.25, -0.2) is 0 Å². The molecule has 0 aromatic heterocycles. The minimum absolute atomic E-state index is 0.0467. The number of hydrogen-bond donors (Lipinski definition) is 3. The van der Waals surface area contributed by atoms with E-state index in [9.17, 15) is 19.2 Å². The summed E-state index contributed by atoms with van der Waals surface area (Å²) in [5.74, 6) is -1.18. The normalized spacial score (nSPS) is 17.8. The van der Waals surface area contributed by atoms with Gasteiger partial charge < -0.3 is 10.2 Å². The molecule has 1 rings (SSSR count). The number of carboxylic acids is 1. The molecule has 8 heteroatoms. The quantitative estimate of drug-likeness (QED) is 0.469. The van der Waals surface area contributed by atoms with Crippen LogP contribution < -0.4 is 5.32 Å². The van der Waals surface area contributed by atoms with Gasteiger partial charge in [-0.1, -0.05) is 11.8 Å². The van der Waals surface area contributed by atoms with Gasteiger partial charge in [0.1, 0.15) is 6.10 Å². The highest BCUT2D eigenvalue weighted by Crippen LogP contribution is 2.04. The van der Waals surface area contributed by atoms with Crippen LogP contribution in [0.1, 0.15) is 26.2 Å². The molecule has 0 aromatic carbocycles. The Bertz CT molecular complexity index is 327. The Kier molecular flexibility index (Phi) is 7.97. The van der Waals surface area contributed by atoms with Crippen molar-refractivity contribution in [3.63, 3.8) is 0 Å². The number of thioether (sulfide) groups is 1. The van der Waals surface area contributed by atoms with E-state index in [2.05, 4.69) is 0 Å². The zero-order valence-electron chi connectivity index (χ0n) is 9.84. The van der Waals surface area contributed by atoms with E-state index in [1.807, 2.05) is 5.32 Å². The first kappa shape index (κ1) is 16.6. The number of rotatable bonds is 4. The van der Waals surface area contributed by atoms with E-state index in [4.69, 9.17) is 10.2 Å². The number of aliphatic carboxylic acids is 1. The second-order valence-electron chi connectivity index (χ2n) is 3.47. The summed E-state index contributed by atoms with van der Waals surface area (Å²) in [6.45, 7) is 1.48. The van der Waals surface area contributed by atoms with E-state index in [0.717, 1.165) is 0 Å². The Morgan fingerprint density at radius 2 is 2.06 bits per heavy atom. The van der Waals surface area contributed by atoms with Gasteiger partial charge in [-0.3, -0.25) is 24.5 Å². The van der Waals surface area contributed by atoms with Gasteiger partial charge in [-0.15, -0.1) is 0 Å². The van der Waals surface area contributed by atoms with Crippen molar-refractivity contribution in [2.24, 2.45) is 0 Å². The molecule has 7 nitrogen and oxygen atoms in total. The van der Waals surface area contributed by atoms with Crippen LogP contribution in [-0.4, -0.2) is 45.0 Å². The third-order valence-corrected chi connectivity index (χ3v) is 2.68. The standard InChI is InChI=1S/C6H10O3S.C4H5NO3/c1-5(7)10-4-2-3-6(8)9;6-2-1-3(7)5-4(2)8/h2-4H2,1H3,(H,8,9);2,6H,1H2,(H,5,7,8). The van der Waals surface area contributed by atoms with E-state index in [1.165, 1.54) is 18.7 Å². The van der Waals surface area contributed by atoms with Crippen molar-refractivity contribution in [2.75, 3.05) is 5.75 Å². The summed E-state index contributed by atoms with van der Waals surface area (Å²) >= 11 is 1.17. The summed E-state index contributed by atoms with van der Waals surface area (Å²) in [6, 6.07) is 0. The van der Waals surface area contributed by atoms with Crippen LogP contribution in [0.2, 0.25) is 0 Å². The van der Waals surface area contributed by atoms with Crippen LogP contribution in [-0.2, 0) is 19.2 Å². The molecule has 1 fully saturated rings. The van der Waals surface area contributed by atoms with Crippen LogP contribution in [0.15, 0.2) is 0 Å². The third-order valence-electron chi connectivity index (χ3n) is 1.78. The highest BCUT2D eigenvalue weighted by Gasteiger charge is 2.27. The number of nitrogens with one attached hydrogen (secondary N) is 1. The number of amides is 2. The van der Waals surface area contributed by atoms with Gasteiger partial charge in [-0.05, 0) is 6.42 Å². The molecule has 0 aromatic rings. The van der Waals surface area contributed by atoms with Crippen molar-refractivity contribution in [3.8, 4) is 0 Å². The van der Waals surface area contributed by atoms with Gasteiger partial charge in [0.2, 0.25) is 5.91 Å². The minimum atomic E-state index is -1.11.